The molecule has 2 N–H and O–H groups in total. The molecule has 1 spiro atoms. The van der Waals surface area contributed by atoms with Crippen LogP contribution in [0.4, 0.5) is 4.79 Å². The van der Waals surface area contributed by atoms with Gasteiger partial charge in [-0.05, 0) is 55.1 Å². The summed E-state index contributed by atoms with van der Waals surface area (Å²) < 4.78 is 0. The summed E-state index contributed by atoms with van der Waals surface area (Å²) in [6.45, 7) is 7.85. The molecule has 3 heterocycles. The topological polar surface area (TPSA) is 78.5 Å². The molecule has 27 heavy (non-hydrogen) atoms. The van der Waals surface area contributed by atoms with Crippen LogP contribution in [-0.2, 0) is 17.6 Å². The third kappa shape index (κ3) is 3.26. The Morgan fingerprint density at radius 2 is 1.96 bits per heavy atom. The number of hydrogen-bond acceptors (Lipinski definition) is 4. The number of likely N-dealkylation sites (tertiary alicyclic amines) is 1. The second kappa shape index (κ2) is 6.33. The Morgan fingerprint density at radius 1 is 1.26 bits per heavy atom. The van der Waals surface area contributed by atoms with Gasteiger partial charge in [-0.1, -0.05) is 20.8 Å². The molecule has 1 unspecified atom stereocenters. The number of piperidine rings is 1. The molecule has 1 aromatic rings. The molecule has 4 amide bonds. The molecule has 2 aliphatic heterocycles. The van der Waals surface area contributed by atoms with Crippen LogP contribution in [0.1, 0.15) is 60.1 Å². The second-order valence-electron chi connectivity index (χ2n) is 9.15. The molecule has 0 radical (unpaired) electrons. The molecule has 1 aromatic heterocycles. The Labute approximate surface area is 163 Å². The fourth-order valence-corrected chi connectivity index (χ4v) is 5.67. The summed E-state index contributed by atoms with van der Waals surface area (Å²) in [6, 6.07) is 1.66. The Morgan fingerprint density at radius 3 is 2.56 bits per heavy atom. The summed E-state index contributed by atoms with van der Waals surface area (Å²) in [5, 5.41) is 5.05. The number of carbonyl (C=O) groups excluding carboxylic acids is 3. The zero-order chi connectivity index (χ0) is 19.4. The van der Waals surface area contributed by atoms with E-state index in [1.54, 1.807) is 11.3 Å². The van der Waals surface area contributed by atoms with E-state index in [0.29, 0.717) is 31.8 Å². The average Bonchev–Trinajstić information content (AvgIpc) is 3.14. The molecule has 146 valence electrons. The highest BCUT2D eigenvalue weighted by Crippen LogP contribution is 2.40. The Balaban J connectivity index is 1.44. The van der Waals surface area contributed by atoms with Crippen molar-refractivity contribution < 1.29 is 14.4 Å². The average molecular weight is 390 g/mol. The van der Waals surface area contributed by atoms with Crippen molar-refractivity contribution in [2.45, 2.75) is 58.4 Å². The summed E-state index contributed by atoms with van der Waals surface area (Å²) in [7, 11) is 0. The van der Waals surface area contributed by atoms with Gasteiger partial charge in [0.15, 0.2) is 0 Å². The highest BCUT2D eigenvalue weighted by Gasteiger charge is 2.48. The summed E-state index contributed by atoms with van der Waals surface area (Å²) in [4.78, 5) is 40.5. The molecule has 2 fully saturated rings. The molecule has 6 nitrogen and oxygen atoms in total. The first-order valence-electron chi connectivity index (χ1n) is 9.72. The van der Waals surface area contributed by atoms with Crippen LogP contribution in [-0.4, -0.2) is 41.4 Å². The summed E-state index contributed by atoms with van der Waals surface area (Å²) in [6.07, 6.45) is 4.23. The molecule has 2 saturated heterocycles. The van der Waals surface area contributed by atoms with Crippen LogP contribution < -0.4 is 10.6 Å². The van der Waals surface area contributed by atoms with Crippen molar-refractivity contribution in [3.63, 3.8) is 0 Å². The molecule has 0 aromatic carbocycles. The van der Waals surface area contributed by atoms with Crippen LogP contribution in [0.5, 0.6) is 0 Å². The molecule has 3 aliphatic rings. The fourth-order valence-electron chi connectivity index (χ4n) is 4.50. The van der Waals surface area contributed by atoms with Crippen LogP contribution in [0.2, 0.25) is 0 Å². The van der Waals surface area contributed by atoms with E-state index >= 15 is 0 Å². The van der Waals surface area contributed by atoms with Gasteiger partial charge >= 0.3 is 6.03 Å². The lowest BCUT2D eigenvalue weighted by Crippen LogP contribution is -2.55. The third-order valence-electron chi connectivity index (χ3n) is 6.44. The highest BCUT2D eigenvalue weighted by atomic mass is 32.1. The van der Waals surface area contributed by atoms with Gasteiger partial charge in [-0.3, -0.25) is 14.9 Å². The molecular formula is C20H27N3O3S. The van der Waals surface area contributed by atoms with Crippen LogP contribution >= 0.6 is 11.3 Å². The van der Waals surface area contributed by atoms with Gasteiger partial charge in [-0.2, -0.15) is 0 Å². The SMILES string of the molecule is CC(C)(C)C1CCc2sc(C(=O)N3CCC4(CC3)NC(=O)NC4=O)cc2C1. The van der Waals surface area contributed by atoms with Crippen molar-refractivity contribution in [2.75, 3.05) is 13.1 Å². The minimum atomic E-state index is -0.831. The van der Waals surface area contributed by atoms with Crippen molar-refractivity contribution in [1.82, 2.24) is 15.5 Å². The van der Waals surface area contributed by atoms with Crippen LogP contribution in [0.3, 0.4) is 0 Å². The first-order valence-corrected chi connectivity index (χ1v) is 10.5. The van der Waals surface area contributed by atoms with Gasteiger partial charge in [-0.15, -0.1) is 11.3 Å². The van der Waals surface area contributed by atoms with E-state index < -0.39 is 11.6 Å². The molecule has 7 heteroatoms. The first-order chi connectivity index (χ1) is 12.7. The van der Waals surface area contributed by atoms with Gasteiger partial charge in [0, 0.05) is 18.0 Å². The maximum atomic E-state index is 13.0. The number of fused-ring (bicyclic) bond motifs is 1. The maximum absolute atomic E-state index is 13.0. The molecule has 4 rings (SSSR count). The molecular weight excluding hydrogens is 362 g/mol. The number of thiophene rings is 1. The minimum absolute atomic E-state index is 0.0568. The summed E-state index contributed by atoms with van der Waals surface area (Å²) in [5.41, 5.74) is 0.796. The van der Waals surface area contributed by atoms with Crippen molar-refractivity contribution in [3.05, 3.63) is 21.4 Å². The standard InChI is InChI=1S/C20H27N3O3S/c1-19(2,3)13-4-5-14-12(10-13)11-15(27-14)16(24)23-8-6-20(7-9-23)17(25)21-18(26)22-20/h11,13H,4-10H2,1-3H3,(H2,21,22,25,26). The normalized spacial score (nSPS) is 24.6. The number of amides is 4. The minimum Gasteiger partial charge on any atom is -0.338 e. The molecule has 1 aliphatic carbocycles. The second-order valence-corrected chi connectivity index (χ2v) is 10.3. The number of nitrogens with one attached hydrogen (secondary N) is 2. The van der Waals surface area contributed by atoms with Gasteiger partial charge < -0.3 is 10.2 Å². The van der Waals surface area contributed by atoms with Gasteiger partial charge in [0.1, 0.15) is 5.54 Å². The van der Waals surface area contributed by atoms with E-state index in [1.807, 2.05) is 4.90 Å². The van der Waals surface area contributed by atoms with Crippen LogP contribution in [0.25, 0.3) is 0 Å². The lowest BCUT2D eigenvalue weighted by atomic mass is 9.72. The number of aryl methyl sites for hydroxylation is 1. The molecule has 0 saturated carbocycles. The van der Waals surface area contributed by atoms with E-state index in [9.17, 15) is 14.4 Å². The number of urea groups is 1. The van der Waals surface area contributed by atoms with Crippen molar-refractivity contribution in [3.8, 4) is 0 Å². The van der Waals surface area contributed by atoms with Gasteiger partial charge in [0.2, 0.25) is 0 Å². The van der Waals surface area contributed by atoms with Crippen molar-refractivity contribution in [2.24, 2.45) is 11.3 Å². The quantitative estimate of drug-likeness (QED) is 0.725. The van der Waals surface area contributed by atoms with E-state index in [2.05, 4.69) is 37.5 Å². The van der Waals surface area contributed by atoms with Crippen molar-refractivity contribution in [1.29, 1.82) is 0 Å². The highest BCUT2D eigenvalue weighted by molar-refractivity contribution is 7.14. The molecule has 0 bridgehead atoms. The van der Waals surface area contributed by atoms with E-state index in [0.717, 1.165) is 17.7 Å². The lowest BCUT2D eigenvalue weighted by Gasteiger charge is -2.36. The fraction of sp³-hybridized carbons (Fsp3) is 0.650. The lowest BCUT2D eigenvalue weighted by molar-refractivity contribution is -0.125. The zero-order valence-corrected chi connectivity index (χ0v) is 17.0. The predicted octanol–water partition coefficient (Wildman–Crippen LogP) is 2.71. The van der Waals surface area contributed by atoms with E-state index in [-0.39, 0.29) is 17.2 Å². The third-order valence-corrected chi connectivity index (χ3v) is 7.66. The maximum Gasteiger partial charge on any atom is 0.322 e. The molecule has 1 atom stereocenters. The van der Waals surface area contributed by atoms with Crippen LogP contribution in [0, 0.1) is 11.3 Å². The number of carbonyl (C=O) groups is 3. The van der Waals surface area contributed by atoms with Gasteiger partial charge in [0.05, 0.1) is 4.88 Å². The number of hydrogen-bond donors (Lipinski definition) is 2. The summed E-state index contributed by atoms with van der Waals surface area (Å²) >= 11 is 1.63. The smallest absolute Gasteiger partial charge is 0.322 e. The predicted molar refractivity (Wildman–Crippen MR) is 104 cm³/mol. The number of imide groups is 1. The van der Waals surface area contributed by atoms with E-state index in [4.69, 9.17) is 0 Å². The Bertz CT molecular complexity index is 800. The van der Waals surface area contributed by atoms with Gasteiger partial charge in [-0.25, -0.2) is 4.79 Å². The van der Waals surface area contributed by atoms with E-state index in [1.165, 1.54) is 16.9 Å². The van der Waals surface area contributed by atoms with Crippen molar-refractivity contribution >= 4 is 29.2 Å². The number of nitrogens with zero attached hydrogens (tertiary/aromatic N) is 1. The Kier molecular flexibility index (Phi) is 4.33. The number of rotatable bonds is 1. The Hall–Kier alpha value is -1.89. The van der Waals surface area contributed by atoms with Crippen LogP contribution in [0.15, 0.2) is 6.07 Å². The largest absolute Gasteiger partial charge is 0.338 e. The van der Waals surface area contributed by atoms with Gasteiger partial charge in [0.25, 0.3) is 11.8 Å². The first kappa shape index (κ1) is 18.5. The monoisotopic (exact) mass is 389 g/mol. The summed E-state index contributed by atoms with van der Waals surface area (Å²) in [5.74, 6) is 0.447. The zero-order valence-electron chi connectivity index (χ0n) is 16.2.